The Morgan fingerprint density at radius 2 is 1.95 bits per heavy atom. The number of likely N-dealkylation sites (N-methyl/N-ethyl adjacent to an activating group) is 1. The van der Waals surface area contributed by atoms with Crippen LogP contribution in [0, 0.1) is 0 Å². The maximum atomic E-state index is 13.2. The highest BCUT2D eigenvalue weighted by atomic mass is 35.5. The van der Waals surface area contributed by atoms with Gasteiger partial charge in [-0.05, 0) is 48.5 Å². The number of nitrogens with one attached hydrogen (secondary N) is 2. The van der Waals surface area contributed by atoms with E-state index in [1.54, 1.807) is 4.90 Å². The van der Waals surface area contributed by atoms with E-state index in [0.29, 0.717) is 28.8 Å². The zero-order chi connectivity index (χ0) is 27.1. The summed E-state index contributed by atoms with van der Waals surface area (Å²) in [4.78, 5) is 22.7. The minimum Gasteiger partial charge on any atom is -0.454 e. The van der Waals surface area contributed by atoms with Crippen LogP contribution in [0.15, 0.2) is 48.5 Å². The average Bonchev–Trinajstić information content (AvgIpc) is 3.58. The first-order valence-corrected chi connectivity index (χ1v) is 13.6. The number of unbranched alkanes of at least 4 members (excludes halogenated alkanes) is 1. The van der Waals surface area contributed by atoms with E-state index in [2.05, 4.69) is 50.1 Å². The Labute approximate surface area is 232 Å². The SMILES string of the molecule is CCCCc1nc(Cl)c([C@H](Cc2ccc(-c3ccccc3)c(-c3nn[nH]n3)c2)OC(=O)[C@@H](CS)N(C)C)[nH]1. The number of imidazole rings is 1. The van der Waals surface area contributed by atoms with Gasteiger partial charge in [0.2, 0.25) is 5.82 Å². The lowest BCUT2D eigenvalue weighted by Gasteiger charge is -2.24. The first-order valence-electron chi connectivity index (χ1n) is 12.6. The number of aryl methyl sites for hydroxylation is 1. The number of hydrogen-bond donors (Lipinski definition) is 3. The van der Waals surface area contributed by atoms with E-state index >= 15 is 0 Å². The Kier molecular flexibility index (Phi) is 9.54. The van der Waals surface area contributed by atoms with E-state index in [4.69, 9.17) is 16.3 Å². The first kappa shape index (κ1) is 27.8. The van der Waals surface area contributed by atoms with Gasteiger partial charge >= 0.3 is 5.97 Å². The molecule has 4 aromatic rings. The number of aromatic nitrogens is 6. The van der Waals surface area contributed by atoms with Crippen LogP contribution in [0.4, 0.5) is 0 Å². The van der Waals surface area contributed by atoms with Crippen molar-refractivity contribution in [3.8, 4) is 22.5 Å². The molecule has 0 unspecified atom stereocenters. The predicted molar refractivity (Wildman–Crippen MR) is 151 cm³/mol. The number of esters is 1. The molecule has 0 fully saturated rings. The number of ether oxygens (including phenoxy) is 1. The molecule has 0 aliphatic rings. The number of tetrazole rings is 1. The van der Waals surface area contributed by atoms with Crippen molar-refractivity contribution in [2.75, 3.05) is 19.8 Å². The zero-order valence-electron chi connectivity index (χ0n) is 21.7. The Hall–Kier alpha value is -3.21. The monoisotopic (exact) mass is 553 g/mol. The minimum absolute atomic E-state index is 0.306. The number of thiol groups is 1. The molecule has 2 heterocycles. The fourth-order valence-electron chi connectivity index (χ4n) is 4.22. The second-order valence-corrected chi connectivity index (χ2v) is 9.99. The van der Waals surface area contributed by atoms with Gasteiger partial charge in [-0.1, -0.05) is 67.4 Å². The molecule has 2 aromatic carbocycles. The molecular formula is C27H32ClN7O2S. The first-order chi connectivity index (χ1) is 18.4. The van der Waals surface area contributed by atoms with Gasteiger partial charge in [-0.15, -0.1) is 10.2 Å². The fourth-order valence-corrected chi connectivity index (χ4v) is 4.97. The van der Waals surface area contributed by atoms with Crippen molar-refractivity contribution in [3.63, 3.8) is 0 Å². The summed E-state index contributed by atoms with van der Waals surface area (Å²) in [5.74, 6) is 1.20. The third-order valence-electron chi connectivity index (χ3n) is 6.33. The molecule has 0 spiro atoms. The minimum atomic E-state index is -0.680. The van der Waals surface area contributed by atoms with Crippen LogP contribution >= 0.6 is 24.2 Å². The maximum Gasteiger partial charge on any atom is 0.324 e. The molecule has 4 rings (SSSR count). The number of halogens is 1. The molecule has 2 atom stereocenters. The quantitative estimate of drug-likeness (QED) is 0.168. The van der Waals surface area contributed by atoms with Gasteiger partial charge in [-0.2, -0.15) is 17.8 Å². The van der Waals surface area contributed by atoms with Crippen LogP contribution in [-0.4, -0.2) is 67.4 Å². The highest BCUT2D eigenvalue weighted by Crippen LogP contribution is 2.34. The number of hydrogen-bond acceptors (Lipinski definition) is 8. The van der Waals surface area contributed by atoms with Gasteiger partial charge in [0.15, 0.2) is 5.15 Å². The van der Waals surface area contributed by atoms with Crippen LogP contribution in [-0.2, 0) is 22.4 Å². The molecule has 0 saturated heterocycles. The van der Waals surface area contributed by atoms with Gasteiger partial charge in [0.05, 0.1) is 5.69 Å². The maximum absolute atomic E-state index is 13.2. The number of carbonyl (C=O) groups excluding carboxylic acids is 1. The zero-order valence-corrected chi connectivity index (χ0v) is 23.3. The van der Waals surface area contributed by atoms with Gasteiger partial charge in [-0.3, -0.25) is 9.69 Å². The Morgan fingerprint density at radius 3 is 2.61 bits per heavy atom. The van der Waals surface area contributed by atoms with Crippen LogP contribution in [0.25, 0.3) is 22.5 Å². The van der Waals surface area contributed by atoms with Gasteiger partial charge < -0.3 is 9.72 Å². The van der Waals surface area contributed by atoms with Gasteiger partial charge in [-0.25, -0.2) is 4.98 Å². The van der Waals surface area contributed by atoms with Gasteiger partial charge in [0.25, 0.3) is 0 Å². The van der Waals surface area contributed by atoms with Crippen LogP contribution in [0.1, 0.15) is 43.0 Å². The molecule has 0 bridgehead atoms. The number of aromatic amines is 2. The van der Waals surface area contributed by atoms with Crippen molar-refractivity contribution in [2.24, 2.45) is 0 Å². The molecule has 9 nitrogen and oxygen atoms in total. The smallest absolute Gasteiger partial charge is 0.324 e. The summed E-state index contributed by atoms with van der Waals surface area (Å²) in [6, 6.07) is 15.5. The molecule has 38 heavy (non-hydrogen) atoms. The van der Waals surface area contributed by atoms with Crippen molar-refractivity contribution in [3.05, 3.63) is 70.8 Å². The van der Waals surface area contributed by atoms with Gasteiger partial charge in [0, 0.05) is 24.2 Å². The summed E-state index contributed by atoms with van der Waals surface area (Å²) in [7, 11) is 3.64. The molecule has 2 N–H and O–H groups in total. The molecule has 0 aliphatic carbocycles. The van der Waals surface area contributed by atoms with E-state index in [1.165, 1.54) is 0 Å². The summed E-state index contributed by atoms with van der Waals surface area (Å²) in [6.45, 7) is 2.12. The third kappa shape index (κ3) is 6.61. The number of carbonyl (C=O) groups is 1. The van der Waals surface area contributed by atoms with E-state index < -0.39 is 12.1 Å². The van der Waals surface area contributed by atoms with E-state index in [9.17, 15) is 4.79 Å². The molecule has 11 heteroatoms. The highest BCUT2D eigenvalue weighted by molar-refractivity contribution is 7.80. The van der Waals surface area contributed by atoms with E-state index in [-0.39, 0.29) is 5.97 Å². The van der Waals surface area contributed by atoms with Crippen molar-refractivity contribution in [2.45, 2.75) is 44.8 Å². The van der Waals surface area contributed by atoms with Crippen molar-refractivity contribution >= 4 is 30.2 Å². The molecule has 0 amide bonds. The lowest BCUT2D eigenvalue weighted by Crippen LogP contribution is -2.39. The van der Waals surface area contributed by atoms with Crippen molar-refractivity contribution in [1.82, 2.24) is 35.5 Å². The van der Waals surface area contributed by atoms with Crippen molar-refractivity contribution < 1.29 is 9.53 Å². The normalized spacial score (nSPS) is 13.0. The van der Waals surface area contributed by atoms with Crippen LogP contribution < -0.4 is 0 Å². The lowest BCUT2D eigenvalue weighted by molar-refractivity contribution is -0.154. The number of H-pyrrole nitrogens is 2. The standard InChI is InChI=1S/C27H32ClN7O2S/c1-4-5-11-23-29-24(25(28)30-23)22(37-27(36)21(16-38)35(2)3)15-17-12-13-19(18-9-7-6-8-10-18)20(14-17)26-31-33-34-32-26/h6-10,12-14,21-22,38H,4-5,11,15-16H2,1-3H3,(H,29,30)(H,31,32,33,34)/t21-,22+/m1/s1. The topological polar surface area (TPSA) is 113 Å². The Bertz CT molecular complexity index is 1330. The predicted octanol–water partition coefficient (Wildman–Crippen LogP) is 4.94. The summed E-state index contributed by atoms with van der Waals surface area (Å²) < 4.78 is 6.06. The van der Waals surface area contributed by atoms with Crippen LogP contribution in [0.5, 0.6) is 0 Å². The second-order valence-electron chi connectivity index (χ2n) is 9.26. The average molecular weight is 554 g/mol. The van der Waals surface area contributed by atoms with E-state index in [0.717, 1.165) is 47.3 Å². The number of benzene rings is 2. The largest absolute Gasteiger partial charge is 0.454 e. The van der Waals surface area contributed by atoms with Gasteiger partial charge in [0.1, 0.15) is 18.0 Å². The van der Waals surface area contributed by atoms with Crippen LogP contribution in [0.3, 0.4) is 0 Å². The molecular weight excluding hydrogens is 522 g/mol. The lowest BCUT2D eigenvalue weighted by atomic mass is 9.95. The molecule has 2 aromatic heterocycles. The Morgan fingerprint density at radius 1 is 1.16 bits per heavy atom. The molecule has 0 saturated carbocycles. The summed E-state index contributed by atoms with van der Waals surface area (Å²) in [6.07, 6.45) is 2.46. The second kappa shape index (κ2) is 13.0. The number of nitrogens with zero attached hydrogens (tertiary/aromatic N) is 5. The van der Waals surface area contributed by atoms with Crippen molar-refractivity contribution in [1.29, 1.82) is 0 Å². The summed E-state index contributed by atoms with van der Waals surface area (Å²) >= 11 is 10.9. The summed E-state index contributed by atoms with van der Waals surface area (Å²) in [5.41, 5.74) is 4.30. The molecule has 0 radical (unpaired) electrons. The third-order valence-corrected chi connectivity index (χ3v) is 6.96. The fraction of sp³-hybridized carbons (Fsp3) is 0.370. The highest BCUT2D eigenvalue weighted by Gasteiger charge is 2.29. The molecule has 0 aliphatic heterocycles. The summed E-state index contributed by atoms with van der Waals surface area (Å²) in [5, 5.41) is 15.0. The Balaban J connectivity index is 1.71. The van der Waals surface area contributed by atoms with Crippen LogP contribution in [0.2, 0.25) is 5.15 Å². The van der Waals surface area contributed by atoms with E-state index in [1.807, 2.05) is 62.6 Å². The number of rotatable bonds is 12. The molecule has 200 valence electrons.